The van der Waals surface area contributed by atoms with Gasteiger partial charge in [0.15, 0.2) is 0 Å². The zero-order valence-corrected chi connectivity index (χ0v) is 90.4. The van der Waals surface area contributed by atoms with Gasteiger partial charge in [-0.2, -0.15) is 0 Å². The Morgan fingerprint density at radius 2 is 0.384 bits per heavy atom. The van der Waals surface area contributed by atoms with E-state index in [0.717, 1.165) is 228 Å². The molecule has 0 spiro atoms. The van der Waals surface area contributed by atoms with Crippen molar-refractivity contribution >= 4 is 34.7 Å². The standard InChI is InChI=1S/6C21H34O2/c6*1-13(22)17-6-7-18-16-5-4-14-12-15(23)8-10-20(14,2)19(16)9-11-21(17,18)3/h6*14-19,23H,4-12H2,1-3H3/t3*14-,15+,16-,17+,18-,19-,20-,21+;2*14-,15-,16+,17-,18+,19+,20+,21-;14-,15-,16-,17+,18-,19-,20-,21+/m000110/s1/i15D,17D;15D;14D;15D,17D;15D;14D,15D. The maximum atomic E-state index is 12.3. The van der Waals surface area contributed by atoms with Crippen LogP contribution in [0.5, 0.6) is 0 Å². The third-order valence-corrected chi connectivity index (χ3v) is 52.9. The normalized spacial score (nSPS) is 61.4. The first-order chi connectivity index (χ1) is 68.2. The Morgan fingerprint density at radius 1 is 0.188 bits per heavy atom. The second-order valence-corrected chi connectivity index (χ2v) is 57.4. The lowest BCUT2D eigenvalue weighted by molar-refractivity contribution is -0.138. The highest BCUT2D eigenvalue weighted by molar-refractivity contribution is 5.82. The van der Waals surface area contributed by atoms with Gasteiger partial charge in [-0.25, -0.2) is 0 Å². The van der Waals surface area contributed by atoms with E-state index in [-0.39, 0.29) is 83.7 Å². The van der Waals surface area contributed by atoms with Gasteiger partial charge < -0.3 is 30.6 Å². The number of Topliss-reactive ketones (excluding diaryl/α,β-unsaturated/α-hetero) is 6. The maximum Gasteiger partial charge on any atom is 0.133 e. The molecular weight excluding hydrogens is 1710 g/mol. The van der Waals surface area contributed by atoms with E-state index < -0.39 is 54.0 Å². The molecule has 0 bridgehead atoms. The van der Waals surface area contributed by atoms with Crippen LogP contribution >= 0.6 is 0 Å². The molecule has 0 heterocycles. The lowest BCUT2D eigenvalue weighted by atomic mass is 9.44. The van der Waals surface area contributed by atoms with E-state index in [2.05, 4.69) is 83.1 Å². The van der Waals surface area contributed by atoms with Crippen molar-refractivity contribution in [3.05, 3.63) is 0 Å². The smallest absolute Gasteiger partial charge is 0.133 e. The molecule has 6 N–H and O–H groups in total. The largest absolute Gasteiger partial charge is 0.393 e. The van der Waals surface area contributed by atoms with Crippen LogP contribution in [0.2, 0.25) is 0 Å². The van der Waals surface area contributed by atoms with E-state index in [1.165, 1.54) is 83.5 Å². The summed E-state index contributed by atoms with van der Waals surface area (Å²) in [6, 6.07) is 0. The Labute approximate surface area is 852 Å². The molecule has 138 heavy (non-hydrogen) atoms. The second-order valence-electron chi connectivity index (χ2n) is 57.4. The van der Waals surface area contributed by atoms with Crippen molar-refractivity contribution in [3.8, 4) is 0 Å². The Kier molecular flexibility index (Phi) is 26.1. The van der Waals surface area contributed by atoms with E-state index >= 15 is 0 Å². The van der Waals surface area contributed by atoms with Crippen molar-refractivity contribution in [2.24, 2.45) is 242 Å². The highest BCUT2D eigenvalue weighted by atomic mass is 16.3. The lowest BCUT2D eigenvalue weighted by Crippen LogP contribution is -2.54. The quantitative estimate of drug-likeness (QED) is 0.146. The molecule has 0 radical (unpaired) electrons. The fourth-order valence-corrected chi connectivity index (χ4v) is 45.4. The number of fused-ring (bicyclic) bond motifs is 30. The zero-order chi connectivity index (χ0) is 107. The van der Waals surface area contributed by atoms with Crippen LogP contribution in [0.4, 0.5) is 0 Å². The molecule has 12 nitrogen and oxygen atoms in total. The van der Waals surface area contributed by atoms with Gasteiger partial charge in [-0.15, -0.1) is 0 Å². The first-order valence-electron chi connectivity index (χ1n) is 63.5. The third-order valence-electron chi connectivity index (χ3n) is 52.9. The van der Waals surface area contributed by atoms with Crippen molar-refractivity contribution < 1.29 is 71.7 Å². The van der Waals surface area contributed by atoms with Crippen LogP contribution in [0, 0.1) is 242 Å². The molecular formula is C126H204O12. The van der Waals surface area contributed by atoms with Gasteiger partial charge in [0, 0.05) is 40.9 Å². The summed E-state index contributed by atoms with van der Waals surface area (Å²) in [5.74, 6) is 13.7. The topological polar surface area (TPSA) is 224 Å². The summed E-state index contributed by atoms with van der Waals surface area (Å²) in [5.41, 5.74) is 1.60. The number of ketones is 6. The van der Waals surface area contributed by atoms with Crippen molar-refractivity contribution in [1.29, 1.82) is 0 Å². The van der Waals surface area contributed by atoms with Gasteiger partial charge in [-0.05, 0) is 595 Å². The minimum atomic E-state index is -1.41. The number of carbonyl (C=O) groups is 6. The molecule has 24 aliphatic carbocycles. The molecule has 24 rings (SSSR count). The number of hydrogen-bond donors (Lipinski definition) is 6. The van der Waals surface area contributed by atoms with Crippen LogP contribution in [0.1, 0.15) is 484 Å². The van der Waals surface area contributed by atoms with Crippen molar-refractivity contribution in [1.82, 2.24) is 0 Å². The van der Waals surface area contributed by atoms with Crippen molar-refractivity contribution in [2.45, 2.75) is 508 Å². The average Bonchev–Trinajstić information content (AvgIpc) is 1.62. The first-order valence-corrected chi connectivity index (χ1v) is 59.0. The Morgan fingerprint density at radius 3 is 0.645 bits per heavy atom. The van der Waals surface area contributed by atoms with E-state index in [4.69, 9.17) is 12.3 Å². The van der Waals surface area contributed by atoms with Crippen LogP contribution in [-0.2, 0) is 28.8 Å². The van der Waals surface area contributed by atoms with Gasteiger partial charge in [0.05, 0.1) is 43.4 Å². The Hall–Kier alpha value is -2.22. The molecule has 0 amide bonds. The van der Waals surface area contributed by atoms with Crippen molar-refractivity contribution in [3.63, 3.8) is 0 Å². The second kappa shape index (κ2) is 38.7. The third kappa shape index (κ3) is 17.2. The summed E-state index contributed by atoms with van der Waals surface area (Å²) in [6.45, 7) is 38.9. The molecule has 12 heteroatoms. The molecule has 0 saturated heterocycles. The van der Waals surface area contributed by atoms with Crippen molar-refractivity contribution in [2.75, 3.05) is 0 Å². The van der Waals surface area contributed by atoms with Gasteiger partial charge in [0.25, 0.3) is 0 Å². The van der Waals surface area contributed by atoms with Crippen LogP contribution < -0.4 is 0 Å². The molecule has 24 fully saturated rings. The summed E-state index contributed by atoms with van der Waals surface area (Å²) in [7, 11) is 0. The van der Waals surface area contributed by atoms with Gasteiger partial charge in [0.2, 0.25) is 0 Å². The first kappa shape index (κ1) is 93.1. The number of rotatable bonds is 6. The summed E-state index contributed by atoms with van der Waals surface area (Å²) < 4.78 is 76.7. The maximum absolute atomic E-state index is 12.3. The van der Waals surface area contributed by atoms with Gasteiger partial charge in [-0.1, -0.05) is 83.1 Å². The number of carbonyl (C=O) groups excluding carboxylic acids is 6. The van der Waals surface area contributed by atoms with E-state index in [0.29, 0.717) is 211 Å². The number of aliphatic hydroxyl groups is 6. The molecule has 0 unspecified atom stereocenters. The minimum absolute atomic E-state index is 0.0603. The number of aliphatic hydroxyl groups excluding tert-OH is 1. The molecule has 48 atom stereocenters. The summed E-state index contributed by atoms with van der Waals surface area (Å²) in [6.07, 6.45) is 46.5. The van der Waals surface area contributed by atoms with Gasteiger partial charge in [0.1, 0.15) is 34.7 Å². The van der Waals surface area contributed by atoms with Gasteiger partial charge in [-0.3, -0.25) is 28.8 Å². The number of hydrogen-bond acceptors (Lipinski definition) is 12. The molecule has 0 aromatic rings. The average molecular weight is 1920 g/mol. The summed E-state index contributed by atoms with van der Waals surface area (Å²) in [4.78, 5) is 73.4. The Balaban J connectivity index is 0.000000111. The van der Waals surface area contributed by atoms with E-state index in [1.807, 2.05) is 0 Å². The monoisotopic (exact) mass is 1920 g/mol. The predicted molar refractivity (Wildman–Crippen MR) is 551 cm³/mol. The molecule has 0 aliphatic heterocycles. The zero-order valence-electron chi connectivity index (χ0n) is 99.4. The van der Waals surface area contributed by atoms with Gasteiger partial charge >= 0.3 is 0 Å². The highest BCUT2D eigenvalue weighted by Gasteiger charge is 2.70. The fraction of sp³-hybridized carbons (Fsp3) is 0.952. The van der Waals surface area contributed by atoms with Crippen LogP contribution in [0.25, 0.3) is 0 Å². The SMILES string of the molecule is [2H][C@@]1(O)CC[C@@]2(C)[C@@H](CC[C@@H]3[C@@H]2CC[C@@]2(C)[C@H]3CC[C@]2([2H])C(C)=O)C1.[2H][C@@]1(O)CC[C@@]2(C)[C@@H](CC[C@@H]3[C@@H]2CC[C@]2(C)[C@@H](C(C)=O)CC[C@@H]32)C1.[2H][C@@]1(O)CC[C@@]2(C)[C@H](CC[C@@H]3[C@@H]2CC[C@@]2(C)[C@H]3CC[C@]2([2H])C(C)=O)C1.[2H][C@@]1(O)CC[C@@]2(C)[C@H](CC[C@@H]3[C@@H]2CC[C@]2(C)[C@@H](C(C)=O)CC[C@@H]32)C1.[2H][C@@]12CC[C@H]3[C@@H]4CC[C@H](C(C)=O)[C@@]4(C)CC[C@@H]3[C@@]1(C)CC[C@@H](O)C2.[2H][C@]1(O)CC[C@]2(C)[C@H]3CC[C@]4(C)[C@@H](C(C)=O)CC[C@H]4[C@@H]3CC[C@@]2([2H])C1. The predicted octanol–water partition coefficient (Wildman–Crippen LogP) is 27.6. The van der Waals surface area contributed by atoms with E-state index in [9.17, 15) is 59.4 Å². The van der Waals surface area contributed by atoms with Crippen LogP contribution in [0.3, 0.4) is 0 Å². The highest BCUT2D eigenvalue weighted by Crippen LogP contribution is 2.76. The molecule has 24 saturated carbocycles. The molecule has 0 aromatic heterocycles. The summed E-state index contributed by atoms with van der Waals surface area (Å²) in [5, 5.41) is 61.4. The lowest BCUT2D eigenvalue weighted by Gasteiger charge is -2.60. The summed E-state index contributed by atoms with van der Waals surface area (Å²) >= 11 is 0. The molecule has 780 valence electrons. The minimum Gasteiger partial charge on any atom is -0.393 e. The molecule has 0 aromatic carbocycles. The fourth-order valence-electron chi connectivity index (χ4n) is 45.4. The van der Waals surface area contributed by atoms with Crippen LogP contribution in [-0.4, -0.2) is 102 Å². The molecule has 24 aliphatic rings. The van der Waals surface area contributed by atoms with Crippen LogP contribution in [0.15, 0.2) is 0 Å². The van der Waals surface area contributed by atoms with E-state index in [1.54, 1.807) is 41.5 Å². The Bertz CT molecular complexity index is 4740.